The van der Waals surface area contributed by atoms with E-state index in [1.54, 1.807) is 67.4 Å². The maximum Gasteiger partial charge on any atom is 0.331 e. The Bertz CT molecular complexity index is 6480. The van der Waals surface area contributed by atoms with Crippen LogP contribution in [0.4, 0.5) is 98.1 Å². The molecule has 0 saturated carbocycles. The summed E-state index contributed by atoms with van der Waals surface area (Å²) in [6.45, 7) is 29.2. The molecule has 802 valence electrons. The van der Waals surface area contributed by atoms with Crippen LogP contribution in [0.2, 0.25) is 25.5 Å². The molecule has 10 saturated heterocycles. The highest BCUT2D eigenvalue weighted by atomic mass is 35.5. The Morgan fingerprint density at radius 1 is 0.360 bits per heavy atom. The molecule has 8 N–H and O–H groups in total. The first-order valence-corrected chi connectivity index (χ1v) is 58.6. The molecule has 41 nitrogen and oxygen atoms in total. The van der Waals surface area contributed by atoms with Gasteiger partial charge in [-0.1, -0.05) is 82.8 Å². The molecule has 10 aliphatic rings. The van der Waals surface area contributed by atoms with Crippen molar-refractivity contribution >= 4 is 193 Å². The SMILES string of the molecule is C1COCC2(C1)CNC2.COc1nc(Cl)ccc1[N+](=O)[O-].COc1nc(N2CC3(CCCOC3)C2)ccc1N.COc1nc(N2CC3(CCCOC3)C2)ccc1Nc1ncc(Cl)c(Nc2ccccc2P(C)(C)=O)n1.COc1nc(N2CC3(CCCOC3)C2)ccc1[N+](=O)[O-].COc1nc(N2CC3(CCOCC3)C2)ccc1Nc1ncc(Cl)c(Nc2ccccc2P(C)(C)=O)n1.CP(C)(=O)c1ccccc1Nc1nc(Cl)ncc1Cl. The fourth-order valence-corrected chi connectivity index (χ4v) is 23.4. The number of ether oxygens (including phenoxy) is 10. The predicted molar refractivity (Wildman–Crippen MR) is 590 cm³/mol. The molecule has 0 radical (unpaired) electrons. The summed E-state index contributed by atoms with van der Waals surface area (Å²) in [5.74, 6) is 6.67. The van der Waals surface area contributed by atoms with E-state index in [9.17, 15) is 33.9 Å². The zero-order valence-electron chi connectivity index (χ0n) is 85.5. The van der Waals surface area contributed by atoms with Gasteiger partial charge in [-0.2, -0.15) is 39.9 Å². The third-order valence-electron chi connectivity index (χ3n) is 27.1. The van der Waals surface area contributed by atoms with Gasteiger partial charge in [0, 0.05) is 160 Å². The number of halogens is 5. The number of anilines is 15. The molecule has 18 heterocycles. The van der Waals surface area contributed by atoms with Crippen molar-refractivity contribution in [2.45, 2.75) is 64.2 Å². The van der Waals surface area contributed by atoms with Gasteiger partial charge in [-0.25, -0.2) is 15.0 Å². The largest absolute Gasteiger partial charge is 0.479 e. The van der Waals surface area contributed by atoms with Crippen molar-refractivity contribution in [3.63, 3.8) is 0 Å². The van der Waals surface area contributed by atoms with Crippen LogP contribution in [0.1, 0.15) is 64.2 Å². The van der Waals surface area contributed by atoms with Gasteiger partial charge in [0.25, 0.3) is 11.8 Å². The van der Waals surface area contributed by atoms with Gasteiger partial charge in [-0.3, -0.25) is 20.2 Å². The number of nitro groups is 2. The average Bonchev–Trinajstić information content (AvgIpc) is 0.765. The van der Waals surface area contributed by atoms with Gasteiger partial charge in [-0.15, -0.1) is 0 Å². The van der Waals surface area contributed by atoms with Crippen molar-refractivity contribution in [2.75, 3.05) is 259 Å². The summed E-state index contributed by atoms with van der Waals surface area (Å²) in [7, 11) is 0.0467. The van der Waals surface area contributed by atoms with E-state index < -0.39 is 31.3 Å². The molecule has 49 heteroatoms. The highest BCUT2D eigenvalue weighted by Crippen LogP contribution is 2.49. The molecule has 0 aliphatic carbocycles. The van der Waals surface area contributed by atoms with Gasteiger partial charge in [0.2, 0.25) is 34.8 Å². The van der Waals surface area contributed by atoms with Crippen LogP contribution in [0.25, 0.3) is 0 Å². The molecule has 10 aliphatic heterocycles. The molecule has 0 amide bonds. The smallest absolute Gasteiger partial charge is 0.331 e. The van der Waals surface area contributed by atoms with Crippen LogP contribution in [0.15, 0.2) is 152 Å². The number of pyridine rings is 5. The normalized spacial score (nSPS) is 17.6. The number of methoxy groups -OCH3 is 5. The first-order chi connectivity index (χ1) is 71.8. The van der Waals surface area contributed by atoms with E-state index in [1.807, 2.05) is 109 Å². The molecule has 0 atom stereocenters. The minimum Gasteiger partial charge on any atom is -0.479 e. The number of nitrogen functional groups attached to an aromatic ring is 1. The second-order valence-electron chi connectivity index (χ2n) is 39.7. The van der Waals surface area contributed by atoms with E-state index >= 15 is 0 Å². The van der Waals surface area contributed by atoms with Gasteiger partial charge in [0.1, 0.15) is 76.3 Å². The molecule has 8 aromatic heterocycles. The van der Waals surface area contributed by atoms with Gasteiger partial charge < -0.3 is 118 Å². The molecule has 0 bridgehead atoms. The van der Waals surface area contributed by atoms with Crippen LogP contribution in [0, 0.1) is 47.3 Å². The van der Waals surface area contributed by atoms with Crippen LogP contribution < -0.4 is 96.8 Å². The summed E-state index contributed by atoms with van der Waals surface area (Å²) in [5.41, 5.74) is 11.2. The fourth-order valence-electron chi connectivity index (χ4n) is 19.3. The Balaban J connectivity index is 0.000000137. The Morgan fingerprint density at radius 3 is 1.03 bits per heavy atom. The molecule has 3 aromatic carbocycles. The zero-order chi connectivity index (χ0) is 107. The van der Waals surface area contributed by atoms with Crippen molar-refractivity contribution in [2.24, 2.45) is 27.1 Å². The Kier molecular flexibility index (Phi) is 37.4. The maximum absolute atomic E-state index is 12.7. The monoisotopic (exact) mass is 2210 g/mol. The molecule has 21 rings (SSSR count). The van der Waals surface area contributed by atoms with E-state index in [0.717, 1.165) is 183 Å². The number of nitrogens with two attached hydrogens (primary N) is 1. The number of hydrogen-bond acceptors (Lipinski definition) is 39. The zero-order valence-corrected chi connectivity index (χ0v) is 92.0. The predicted octanol–water partition coefficient (Wildman–Crippen LogP) is 18.5. The molecular weight excluding hydrogens is 2090 g/mol. The molecule has 5 spiro atoms. The number of nitrogens with one attached hydrogen (secondary N) is 6. The second kappa shape index (κ2) is 49.8. The summed E-state index contributed by atoms with van der Waals surface area (Å²) in [4.78, 5) is 76.2. The second-order valence-corrected chi connectivity index (χ2v) is 51.2. The molecule has 10 fully saturated rings. The van der Waals surface area contributed by atoms with Gasteiger partial charge in [-0.05, 0) is 201 Å². The lowest BCUT2D eigenvalue weighted by Crippen LogP contribution is -2.60. The first kappa shape index (κ1) is 112. The summed E-state index contributed by atoms with van der Waals surface area (Å²) in [6, 6.07) is 39.5. The highest BCUT2D eigenvalue weighted by Gasteiger charge is 2.49. The lowest BCUT2D eigenvalue weighted by Gasteiger charge is -2.52. The standard InChI is InChI=1S/2C25H30ClN6O3P.C13H17N3O4.C13H19N3O2.C12H12Cl2N3OP.C7H13NO.C6H5ClN2O3/c1-34-23-19(9-10-21(30-23)32-14-25(15-32)11-6-12-35-16-25)29-24-27-13-17(26)22(31-24)28-18-7-4-5-8-20(18)36(2,3)33;1-34-23-19(8-9-21(30-23)32-15-25(16-32)10-12-35-13-11-25)29-24-27-14-17(26)22(31-24)28-18-6-4-5-7-20(18)36(2,3)33;1-19-12-10(16(17)18)3-4-11(14-12)15-7-13(8-15)5-2-6-20-9-13;1-17-12-10(14)3-4-11(15-12)16-7-13(8-16)5-2-6-18-9-13;1-19(2,18)10-6-4-3-5-9(10)16-11-8(13)7-15-12(14)17-11;1-2-7(4-8-5-7)6-9-3-1;1-12-6-4(9(10)11)2-3-5(7)8-6/h4-5,7-10,13H,6,11-12,14-16H2,1-3H3,(H2,27,28,29,31);4-9,14H,10-13,15-16H2,1-3H3,(H2,27,28,29,31);3-4H,2,5-9H2,1H3;3-4H,2,5-9,14H2,1H3;3-7H,1-2H3,(H,15,16,17);8H,1-6H2;2-3H,1H3. The molecule has 0 unspecified atom stereocenters. The van der Waals surface area contributed by atoms with Crippen LogP contribution in [-0.4, -0.2) is 272 Å². The number of nitrogens with zero attached hydrogens (tertiary/aromatic N) is 17. The van der Waals surface area contributed by atoms with Crippen LogP contribution in [0.3, 0.4) is 0 Å². The summed E-state index contributed by atoms with van der Waals surface area (Å²) < 4.78 is 91.4. The van der Waals surface area contributed by atoms with Crippen molar-refractivity contribution in [1.29, 1.82) is 0 Å². The van der Waals surface area contributed by atoms with Crippen molar-refractivity contribution < 1.29 is 70.9 Å². The number of aromatic nitrogens is 11. The minimum atomic E-state index is -2.51. The topological polar surface area (TPSA) is 483 Å². The van der Waals surface area contributed by atoms with Gasteiger partial charge in [0.05, 0.1) is 113 Å². The Labute approximate surface area is 896 Å². The number of para-hydroxylation sites is 3. The van der Waals surface area contributed by atoms with Crippen molar-refractivity contribution in [3.8, 4) is 29.4 Å². The van der Waals surface area contributed by atoms with E-state index in [-0.39, 0.29) is 44.4 Å². The van der Waals surface area contributed by atoms with Crippen molar-refractivity contribution in [3.05, 3.63) is 198 Å². The maximum atomic E-state index is 12.7. The summed E-state index contributed by atoms with van der Waals surface area (Å²) >= 11 is 30.0. The van der Waals surface area contributed by atoms with E-state index in [0.29, 0.717) is 112 Å². The van der Waals surface area contributed by atoms with Gasteiger partial charge in [0.15, 0.2) is 17.5 Å². The average molecular weight is 2220 g/mol. The first-order valence-electron chi connectivity index (χ1n) is 48.9. The number of hydrogen-bond donors (Lipinski definition) is 7. The van der Waals surface area contributed by atoms with Crippen LogP contribution >= 0.6 is 79.4 Å². The van der Waals surface area contributed by atoms with E-state index in [4.69, 9.17) is 116 Å². The third-order valence-corrected chi connectivity index (χ3v) is 33.0. The quantitative estimate of drug-likeness (QED) is 0.00971. The fraction of sp³-hybridized carbons (Fsp3) is 0.455. The van der Waals surface area contributed by atoms with Crippen LogP contribution in [-0.2, 0) is 37.4 Å². The van der Waals surface area contributed by atoms with Crippen LogP contribution in [0.5, 0.6) is 29.4 Å². The molecular formula is C101H126Cl5N24O17P3. The lowest BCUT2D eigenvalue weighted by molar-refractivity contribution is -0.386. The lowest BCUT2D eigenvalue weighted by atomic mass is 9.73. The summed E-state index contributed by atoms with van der Waals surface area (Å²) in [5, 5.41) is 43.8. The molecule has 150 heavy (non-hydrogen) atoms. The molecule has 11 aromatic rings. The number of benzene rings is 3. The Morgan fingerprint density at radius 2 is 0.687 bits per heavy atom. The van der Waals surface area contributed by atoms with E-state index in [1.165, 1.54) is 103 Å². The Hall–Kier alpha value is -11.7. The van der Waals surface area contributed by atoms with Crippen molar-refractivity contribution in [1.82, 2.24) is 60.1 Å². The van der Waals surface area contributed by atoms with Gasteiger partial charge >= 0.3 is 11.4 Å². The third kappa shape index (κ3) is 28.6. The van der Waals surface area contributed by atoms with E-state index in [2.05, 4.69) is 101 Å². The summed E-state index contributed by atoms with van der Waals surface area (Å²) in [6.07, 6.45) is 16.3. The highest BCUT2D eigenvalue weighted by molar-refractivity contribution is 7.71. The minimum absolute atomic E-state index is 0.0633. The number of rotatable bonds is 24.